The van der Waals surface area contributed by atoms with E-state index in [1.807, 2.05) is 11.0 Å². The summed E-state index contributed by atoms with van der Waals surface area (Å²) in [6.45, 7) is 1.20. The summed E-state index contributed by atoms with van der Waals surface area (Å²) in [7, 11) is 0. The van der Waals surface area contributed by atoms with Gasteiger partial charge in [-0.25, -0.2) is 4.98 Å². The first kappa shape index (κ1) is 10.5. The number of pyridine rings is 1. The minimum atomic E-state index is -0.264. The Balaban J connectivity index is 1.99. The van der Waals surface area contributed by atoms with Gasteiger partial charge in [-0.15, -0.1) is 0 Å². The van der Waals surface area contributed by atoms with Gasteiger partial charge in [-0.2, -0.15) is 5.26 Å². The van der Waals surface area contributed by atoms with Crippen molar-refractivity contribution in [3.63, 3.8) is 0 Å². The van der Waals surface area contributed by atoms with Crippen molar-refractivity contribution in [2.45, 2.75) is 31.8 Å². The van der Waals surface area contributed by atoms with Crippen molar-refractivity contribution in [1.82, 2.24) is 4.98 Å². The highest BCUT2D eigenvalue weighted by Gasteiger charge is 2.28. The quantitative estimate of drug-likeness (QED) is 0.781. The zero-order chi connectivity index (χ0) is 11.8. The van der Waals surface area contributed by atoms with Crippen LogP contribution in [0.2, 0.25) is 0 Å². The molecule has 2 aliphatic rings. The maximum absolute atomic E-state index is 9.33. The number of nitriles is 1. The number of fused-ring (bicyclic) bond motifs is 1. The molecule has 4 nitrogen and oxygen atoms in total. The lowest BCUT2D eigenvalue weighted by atomic mass is 9.94. The summed E-state index contributed by atoms with van der Waals surface area (Å²) in [6.07, 6.45) is 4.18. The lowest BCUT2D eigenvalue weighted by Crippen LogP contribution is -2.51. The Labute approximate surface area is 101 Å². The van der Waals surface area contributed by atoms with E-state index in [2.05, 4.69) is 11.1 Å². The molecule has 0 bridgehead atoms. The molecule has 1 aromatic heterocycles. The number of aryl methyl sites for hydroxylation is 2. The van der Waals surface area contributed by atoms with Crippen molar-refractivity contribution in [3.05, 3.63) is 22.9 Å². The fourth-order valence-corrected chi connectivity index (χ4v) is 2.57. The highest BCUT2D eigenvalue weighted by molar-refractivity contribution is 5.58. The number of anilines is 1. The molecule has 17 heavy (non-hydrogen) atoms. The Morgan fingerprint density at radius 1 is 1.35 bits per heavy atom. The van der Waals surface area contributed by atoms with Gasteiger partial charge in [0, 0.05) is 18.8 Å². The zero-order valence-corrected chi connectivity index (χ0v) is 9.69. The first-order chi connectivity index (χ1) is 8.28. The van der Waals surface area contributed by atoms with E-state index in [0.29, 0.717) is 18.7 Å². The molecule has 0 spiro atoms. The minimum absolute atomic E-state index is 0.264. The largest absolute Gasteiger partial charge is 0.389 e. The van der Waals surface area contributed by atoms with Gasteiger partial charge in [0.2, 0.25) is 0 Å². The number of rotatable bonds is 1. The van der Waals surface area contributed by atoms with Gasteiger partial charge in [0.15, 0.2) is 0 Å². The van der Waals surface area contributed by atoms with Gasteiger partial charge in [0.25, 0.3) is 0 Å². The smallest absolute Gasteiger partial charge is 0.147 e. The molecule has 1 N–H and O–H groups in total. The molecule has 1 fully saturated rings. The molecule has 1 aliphatic carbocycles. The van der Waals surface area contributed by atoms with E-state index >= 15 is 0 Å². The monoisotopic (exact) mass is 229 g/mol. The molecular formula is C13H15N3O. The summed E-state index contributed by atoms with van der Waals surface area (Å²) in [5, 5.41) is 18.5. The Morgan fingerprint density at radius 2 is 2.12 bits per heavy atom. The first-order valence-corrected chi connectivity index (χ1v) is 6.14. The lowest BCUT2D eigenvalue weighted by Gasteiger charge is -2.37. The average Bonchev–Trinajstić information content (AvgIpc) is 2.33. The minimum Gasteiger partial charge on any atom is -0.389 e. The van der Waals surface area contributed by atoms with Gasteiger partial charge in [-0.05, 0) is 37.3 Å². The van der Waals surface area contributed by atoms with Gasteiger partial charge < -0.3 is 10.0 Å². The van der Waals surface area contributed by atoms with Crippen LogP contribution in [0.25, 0.3) is 0 Å². The van der Waals surface area contributed by atoms with Gasteiger partial charge in [-0.1, -0.05) is 0 Å². The van der Waals surface area contributed by atoms with Crippen molar-refractivity contribution in [2.24, 2.45) is 0 Å². The van der Waals surface area contributed by atoms with Crippen molar-refractivity contribution in [1.29, 1.82) is 5.26 Å². The normalized spacial score (nSPS) is 19.4. The summed E-state index contributed by atoms with van der Waals surface area (Å²) < 4.78 is 0. The van der Waals surface area contributed by atoms with E-state index in [-0.39, 0.29) is 6.10 Å². The average molecular weight is 229 g/mol. The number of aromatic nitrogens is 1. The fraction of sp³-hybridized carbons (Fsp3) is 0.538. The van der Waals surface area contributed by atoms with Crippen LogP contribution >= 0.6 is 0 Å². The summed E-state index contributed by atoms with van der Waals surface area (Å²) >= 11 is 0. The molecule has 3 rings (SSSR count). The Kier molecular flexibility index (Phi) is 2.49. The van der Waals surface area contributed by atoms with Crippen LogP contribution in [-0.2, 0) is 12.8 Å². The summed E-state index contributed by atoms with van der Waals surface area (Å²) in [4.78, 5) is 6.62. The molecule has 1 saturated heterocycles. The predicted octanol–water partition coefficient (Wildman–Crippen LogP) is 1.01. The van der Waals surface area contributed by atoms with Gasteiger partial charge in [0.1, 0.15) is 11.9 Å². The third kappa shape index (κ3) is 1.77. The van der Waals surface area contributed by atoms with Crippen LogP contribution in [0.4, 0.5) is 5.82 Å². The van der Waals surface area contributed by atoms with E-state index in [1.54, 1.807) is 0 Å². The highest BCUT2D eigenvalue weighted by atomic mass is 16.3. The Morgan fingerprint density at radius 3 is 2.82 bits per heavy atom. The van der Waals surface area contributed by atoms with E-state index in [9.17, 15) is 10.4 Å². The molecule has 0 aromatic carbocycles. The molecule has 88 valence electrons. The number of aliphatic hydroxyl groups excluding tert-OH is 1. The van der Waals surface area contributed by atoms with Crippen molar-refractivity contribution < 1.29 is 5.11 Å². The SMILES string of the molecule is N#Cc1cc2c(nc1N1CC(O)C1)CCCC2. The van der Waals surface area contributed by atoms with Crippen LogP contribution in [0.3, 0.4) is 0 Å². The molecule has 1 aliphatic heterocycles. The van der Waals surface area contributed by atoms with Crippen LogP contribution in [-0.4, -0.2) is 29.3 Å². The van der Waals surface area contributed by atoms with Gasteiger partial charge in [0.05, 0.1) is 11.7 Å². The van der Waals surface area contributed by atoms with Crippen LogP contribution in [0.1, 0.15) is 29.7 Å². The maximum Gasteiger partial charge on any atom is 0.147 e. The molecule has 0 saturated carbocycles. The van der Waals surface area contributed by atoms with Gasteiger partial charge >= 0.3 is 0 Å². The molecule has 0 radical (unpaired) electrons. The molecule has 0 amide bonds. The van der Waals surface area contributed by atoms with Crippen LogP contribution < -0.4 is 4.90 Å². The zero-order valence-electron chi connectivity index (χ0n) is 9.69. The molecule has 1 aromatic rings. The lowest BCUT2D eigenvalue weighted by molar-refractivity contribution is 0.141. The van der Waals surface area contributed by atoms with Crippen LogP contribution in [0, 0.1) is 11.3 Å². The Bertz CT molecular complexity index is 486. The second kappa shape index (κ2) is 4.01. The third-order valence-electron chi connectivity index (χ3n) is 3.56. The second-order valence-electron chi connectivity index (χ2n) is 4.84. The van der Waals surface area contributed by atoms with Crippen LogP contribution in [0.5, 0.6) is 0 Å². The topological polar surface area (TPSA) is 60.2 Å². The van der Waals surface area contributed by atoms with Crippen LogP contribution in [0.15, 0.2) is 6.07 Å². The molecule has 4 heteroatoms. The summed E-state index contributed by atoms with van der Waals surface area (Å²) in [5.41, 5.74) is 3.03. The summed E-state index contributed by atoms with van der Waals surface area (Å²) in [6, 6.07) is 4.21. The van der Waals surface area contributed by atoms with Crippen molar-refractivity contribution in [2.75, 3.05) is 18.0 Å². The fourth-order valence-electron chi connectivity index (χ4n) is 2.57. The number of β-amino-alcohol motifs (C(OH)–C–C–N with tert-alkyl or cyclic N) is 1. The molecule has 0 atom stereocenters. The standard InChI is InChI=1S/C13H15N3O/c14-6-10-5-9-3-1-2-4-12(9)15-13(10)16-7-11(17)8-16/h5,11,17H,1-4,7-8H2. The van der Waals surface area contributed by atoms with E-state index in [4.69, 9.17) is 0 Å². The second-order valence-corrected chi connectivity index (χ2v) is 4.84. The van der Waals surface area contributed by atoms with Gasteiger partial charge in [-0.3, -0.25) is 0 Å². The third-order valence-corrected chi connectivity index (χ3v) is 3.56. The van der Waals surface area contributed by atoms with E-state index < -0.39 is 0 Å². The van der Waals surface area contributed by atoms with Crippen molar-refractivity contribution in [3.8, 4) is 6.07 Å². The van der Waals surface area contributed by atoms with Crippen molar-refractivity contribution >= 4 is 5.82 Å². The van der Waals surface area contributed by atoms with E-state index in [0.717, 1.165) is 24.4 Å². The maximum atomic E-state index is 9.33. The van der Waals surface area contributed by atoms with E-state index in [1.165, 1.54) is 18.4 Å². The predicted molar refractivity (Wildman–Crippen MR) is 63.8 cm³/mol. The number of hydrogen-bond donors (Lipinski definition) is 1. The first-order valence-electron chi connectivity index (χ1n) is 6.14. The Hall–Kier alpha value is -1.60. The summed E-state index contributed by atoms with van der Waals surface area (Å²) in [5.74, 6) is 0.762. The molecular weight excluding hydrogens is 214 g/mol. The number of nitrogens with zero attached hydrogens (tertiary/aromatic N) is 3. The number of aliphatic hydroxyl groups is 1. The molecule has 2 heterocycles. The molecule has 0 unspecified atom stereocenters. The highest BCUT2D eigenvalue weighted by Crippen LogP contribution is 2.28. The number of hydrogen-bond acceptors (Lipinski definition) is 4.